The van der Waals surface area contributed by atoms with Gasteiger partial charge in [0, 0.05) is 15.7 Å². The van der Waals surface area contributed by atoms with Crippen LogP contribution < -0.4 is 0 Å². The first-order chi connectivity index (χ1) is 14.4. The molecule has 0 spiro atoms. The lowest BCUT2D eigenvalue weighted by atomic mass is 10.1. The first kappa shape index (κ1) is 18.7. The van der Waals surface area contributed by atoms with Crippen LogP contribution in [0.2, 0.25) is 0 Å². The van der Waals surface area contributed by atoms with Crippen molar-refractivity contribution in [3.63, 3.8) is 0 Å². The second-order valence-electron chi connectivity index (χ2n) is 6.69. The zero-order chi connectivity index (χ0) is 20.9. The van der Waals surface area contributed by atoms with Crippen LogP contribution in [-0.4, -0.2) is 19.5 Å². The molecule has 0 aliphatic heterocycles. The molecule has 30 heavy (non-hydrogen) atoms. The van der Waals surface area contributed by atoms with Gasteiger partial charge in [0.05, 0.1) is 16.6 Å². The van der Waals surface area contributed by atoms with Crippen LogP contribution in [0, 0.1) is 0 Å². The highest BCUT2D eigenvalue weighted by molar-refractivity contribution is 9.10. The molecule has 0 radical (unpaired) electrons. The molecular formula is C22H12BrF3N4. The summed E-state index contributed by atoms with van der Waals surface area (Å²) in [6.07, 6.45) is -4.46. The SMILES string of the molecule is FC(F)(F)c1cccc(-n2c(-c3cccc(Br)c3)nc3nc4ccccc4nc32)c1. The van der Waals surface area contributed by atoms with E-state index in [1.165, 1.54) is 6.07 Å². The Morgan fingerprint density at radius 3 is 2.23 bits per heavy atom. The van der Waals surface area contributed by atoms with Crippen LogP contribution in [0.1, 0.15) is 5.56 Å². The molecular weight excluding hydrogens is 457 g/mol. The Hall–Kier alpha value is -3.26. The summed E-state index contributed by atoms with van der Waals surface area (Å²) in [5.41, 5.74) is 2.36. The number of hydrogen-bond acceptors (Lipinski definition) is 3. The molecule has 5 rings (SSSR count). The van der Waals surface area contributed by atoms with Crippen molar-refractivity contribution in [2.45, 2.75) is 6.18 Å². The van der Waals surface area contributed by atoms with E-state index in [1.54, 1.807) is 10.6 Å². The number of halogens is 4. The average Bonchev–Trinajstić information content (AvgIpc) is 3.10. The molecule has 3 aromatic carbocycles. The summed E-state index contributed by atoms with van der Waals surface area (Å²) < 4.78 is 42.5. The van der Waals surface area contributed by atoms with E-state index in [-0.39, 0.29) is 0 Å². The van der Waals surface area contributed by atoms with Crippen LogP contribution in [0.5, 0.6) is 0 Å². The summed E-state index contributed by atoms with van der Waals surface area (Å²) in [7, 11) is 0. The molecule has 0 atom stereocenters. The second-order valence-corrected chi connectivity index (χ2v) is 7.60. The maximum atomic E-state index is 13.3. The van der Waals surface area contributed by atoms with Crippen LogP contribution >= 0.6 is 15.9 Å². The predicted molar refractivity (Wildman–Crippen MR) is 112 cm³/mol. The molecule has 8 heteroatoms. The van der Waals surface area contributed by atoms with Crippen molar-refractivity contribution < 1.29 is 13.2 Å². The standard InChI is InChI=1S/C22H12BrF3N4/c23-15-7-3-5-13(11-15)20-29-19-21(28-18-10-2-1-9-17(18)27-19)30(20)16-8-4-6-14(12-16)22(24,25)26/h1-12H. The Balaban J connectivity index is 1.86. The highest BCUT2D eigenvalue weighted by Gasteiger charge is 2.31. The van der Waals surface area contributed by atoms with Gasteiger partial charge in [-0.1, -0.05) is 46.3 Å². The van der Waals surface area contributed by atoms with Gasteiger partial charge in [0.25, 0.3) is 0 Å². The summed E-state index contributed by atoms with van der Waals surface area (Å²) >= 11 is 3.44. The monoisotopic (exact) mass is 468 g/mol. The Labute approximate surface area is 177 Å². The van der Waals surface area contributed by atoms with E-state index in [2.05, 4.69) is 30.9 Å². The van der Waals surface area contributed by atoms with E-state index < -0.39 is 11.7 Å². The molecule has 0 unspecified atom stereocenters. The topological polar surface area (TPSA) is 43.6 Å². The van der Waals surface area contributed by atoms with Crippen molar-refractivity contribution in [1.82, 2.24) is 19.5 Å². The molecule has 0 saturated heterocycles. The highest BCUT2D eigenvalue weighted by atomic mass is 79.9. The first-order valence-corrected chi connectivity index (χ1v) is 9.78. The average molecular weight is 469 g/mol. The van der Waals surface area contributed by atoms with E-state index >= 15 is 0 Å². The van der Waals surface area contributed by atoms with Gasteiger partial charge in [0.2, 0.25) is 0 Å². The van der Waals surface area contributed by atoms with E-state index in [0.717, 1.165) is 22.2 Å². The highest BCUT2D eigenvalue weighted by Crippen LogP contribution is 2.33. The van der Waals surface area contributed by atoms with E-state index in [4.69, 9.17) is 0 Å². The third kappa shape index (κ3) is 3.23. The van der Waals surface area contributed by atoms with Crippen LogP contribution in [0.4, 0.5) is 13.2 Å². The minimum atomic E-state index is -4.46. The molecule has 0 saturated carbocycles. The van der Waals surface area contributed by atoms with Gasteiger partial charge in [-0.25, -0.2) is 15.0 Å². The van der Waals surface area contributed by atoms with Crippen molar-refractivity contribution in [2.75, 3.05) is 0 Å². The number of para-hydroxylation sites is 2. The maximum Gasteiger partial charge on any atom is 0.416 e. The minimum Gasteiger partial charge on any atom is -0.275 e. The Kier molecular flexibility index (Phi) is 4.32. The van der Waals surface area contributed by atoms with Gasteiger partial charge < -0.3 is 0 Å². The molecule has 0 aliphatic carbocycles. The fourth-order valence-corrected chi connectivity index (χ4v) is 3.74. The zero-order valence-corrected chi connectivity index (χ0v) is 16.8. The van der Waals surface area contributed by atoms with Gasteiger partial charge in [0.1, 0.15) is 5.82 Å². The Bertz CT molecular complexity index is 1410. The Morgan fingerprint density at radius 1 is 0.767 bits per heavy atom. The Morgan fingerprint density at radius 2 is 1.50 bits per heavy atom. The fraction of sp³-hybridized carbons (Fsp3) is 0.0455. The van der Waals surface area contributed by atoms with Gasteiger partial charge in [-0.15, -0.1) is 0 Å². The van der Waals surface area contributed by atoms with E-state index in [9.17, 15) is 13.2 Å². The fourth-order valence-electron chi connectivity index (χ4n) is 3.34. The predicted octanol–water partition coefficient (Wildman–Crippen LogP) is 6.42. The van der Waals surface area contributed by atoms with Crippen LogP contribution in [0.15, 0.2) is 77.3 Å². The van der Waals surface area contributed by atoms with Crippen LogP contribution in [0.3, 0.4) is 0 Å². The van der Waals surface area contributed by atoms with Gasteiger partial charge >= 0.3 is 6.18 Å². The molecule has 2 aromatic heterocycles. The van der Waals surface area contributed by atoms with Crippen LogP contribution in [0.25, 0.3) is 39.4 Å². The summed E-state index contributed by atoms with van der Waals surface area (Å²) in [6.45, 7) is 0. The number of nitrogens with zero attached hydrogens (tertiary/aromatic N) is 4. The number of hydrogen-bond donors (Lipinski definition) is 0. The molecule has 0 N–H and O–H groups in total. The third-order valence-electron chi connectivity index (χ3n) is 4.68. The largest absolute Gasteiger partial charge is 0.416 e. The minimum absolute atomic E-state index is 0.312. The van der Waals surface area contributed by atoms with Gasteiger partial charge in [0.15, 0.2) is 11.3 Å². The van der Waals surface area contributed by atoms with Gasteiger partial charge in [-0.3, -0.25) is 4.57 Å². The molecule has 148 valence electrons. The maximum absolute atomic E-state index is 13.3. The van der Waals surface area contributed by atoms with E-state index in [1.807, 2.05) is 48.5 Å². The summed E-state index contributed by atoms with van der Waals surface area (Å²) in [5, 5.41) is 0. The lowest BCUT2D eigenvalue weighted by Crippen LogP contribution is -2.07. The molecule has 2 heterocycles. The van der Waals surface area contributed by atoms with Gasteiger partial charge in [-0.05, 0) is 42.5 Å². The normalized spacial score (nSPS) is 12.0. The molecule has 5 aromatic rings. The van der Waals surface area contributed by atoms with Crippen molar-refractivity contribution in [3.05, 3.63) is 82.8 Å². The van der Waals surface area contributed by atoms with Crippen molar-refractivity contribution in [1.29, 1.82) is 0 Å². The number of fused-ring (bicyclic) bond motifs is 2. The lowest BCUT2D eigenvalue weighted by Gasteiger charge is -2.12. The van der Waals surface area contributed by atoms with Crippen molar-refractivity contribution in [3.8, 4) is 17.1 Å². The lowest BCUT2D eigenvalue weighted by molar-refractivity contribution is -0.137. The molecule has 0 bridgehead atoms. The summed E-state index contributed by atoms with van der Waals surface area (Å²) in [6, 6.07) is 19.8. The number of rotatable bonds is 2. The number of imidazole rings is 1. The third-order valence-corrected chi connectivity index (χ3v) is 5.18. The summed E-state index contributed by atoms with van der Waals surface area (Å²) in [4.78, 5) is 13.9. The molecule has 0 aliphatic rings. The second kappa shape index (κ2) is 6.91. The van der Waals surface area contributed by atoms with Crippen LogP contribution in [-0.2, 0) is 6.18 Å². The quantitative estimate of drug-likeness (QED) is 0.300. The molecule has 4 nitrogen and oxygen atoms in total. The van der Waals surface area contributed by atoms with Crippen molar-refractivity contribution >= 4 is 38.3 Å². The zero-order valence-electron chi connectivity index (χ0n) is 15.2. The van der Waals surface area contributed by atoms with E-state index in [0.29, 0.717) is 33.8 Å². The number of aromatic nitrogens is 4. The summed E-state index contributed by atoms with van der Waals surface area (Å²) in [5.74, 6) is 0.459. The smallest absolute Gasteiger partial charge is 0.275 e. The molecule has 0 fully saturated rings. The molecule has 0 amide bonds. The first-order valence-electron chi connectivity index (χ1n) is 8.99. The number of benzene rings is 3. The number of alkyl halides is 3. The van der Waals surface area contributed by atoms with Crippen molar-refractivity contribution in [2.24, 2.45) is 0 Å². The van der Waals surface area contributed by atoms with Gasteiger partial charge in [-0.2, -0.15) is 13.2 Å².